The molecule has 3 heterocycles. The molecule has 0 radical (unpaired) electrons. The van der Waals surface area contributed by atoms with Gasteiger partial charge < -0.3 is 25.8 Å². The van der Waals surface area contributed by atoms with Crippen molar-refractivity contribution in [3.8, 4) is 0 Å². The van der Waals surface area contributed by atoms with Gasteiger partial charge in [-0.15, -0.1) is 0 Å². The summed E-state index contributed by atoms with van der Waals surface area (Å²) >= 11 is 0. The monoisotopic (exact) mass is 284 g/mol. The number of nitrogens with zero attached hydrogens (tertiary/aromatic N) is 3. The van der Waals surface area contributed by atoms with E-state index in [0.717, 1.165) is 0 Å². The minimum atomic E-state index is -1.24. The van der Waals surface area contributed by atoms with Crippen LogP contribution in [0.15, 0.2) is 4.99 Å². The number of fused-ring (bicyclic) bond motifs is 1. The number of ether oxygens (including phenoxy) is 1. The van der Waals surface area contributed by atoms with Crippen molar-refractivity contribution in [1.29, 1.82) is 0 Å². The summed E-state index contributed by atoms with van der Waals surface area (Å²) in [6.45, 7) is -0.439. The summed E-state index contributed by atoms with van der Waals surface area (Å²) in [5, 5.41) is 28.8. The third kappa shape index (κ3) is 1.86. The average molecular weight is 284 g/mol. The highest BCUT2D eigenvalue weighted by Crippen LogP contribution is 2.40. The second kappa shape index (κ2) is 4.70. The molecule has 1 fully saturated rings. The largest absolute Gasteiger partial charge is 0.394 e. The van der Waals surface area contributed by atoms with Crippen LogP contribution in [0.1, 0.15) is 11.6 Å². The van der Waals surface area contributed by atoms with Crippen LogP contribution in [0.4, 0.5) is 15.9 Å². The first-order valence-electron chi connectivity index (χ1n) is 6.02. The maximum absolute atomic E-state index is 13.2. The fourth-order valence-electron chi connectivity index (χ4n) is 2.52. The van der Waals surface area contributed by atoms with Crippen molar-refractivity contribution in [2.75, 3.05) is 12.3 Å². The van der Waals surface area contributed by atoms with Gasteiger partial charge >= 0.3 is 6.08 Å². The van der Waals surface area contributed by atoms with Gasteiger partial charge in [-0.2, -0.15) is 9.37 Å². The zero-order chi connectivity index (χ0) is 14.4. The van der Waals surface area contributed by atoms with E-state index in [1.165, 1.54) is 6.21 Å². The highest BCUT2D eigenvalue weighted by molar-refractivity contribution is 5.84. The van der Waals surface area contributed by atoms with Gasteiger partial charge in [0, 0.05) is 6.21 Å². The number of rotatable bonds is 2. The van der Waals surface area contributed by atoms with E-state index in [4.69, 9.17) is 15.6 Å². The molecule has 3 rings (SSSR count). The molecule has 0 aromatic carbocycles. The first-order chi connectivity index (χ1) is 9.52. The fourth-order valence-corrected chi connectivity index (χ4v) is 2.52. The van der Waals surface area contributed by atoms with E-state index in [0.29, 0.717) is 0 Å². The van der Waals surface area contributed by atoms with Gasteiger partial charge in [0.05, 0.1) is 18.2 Å². The summed E-state index contributed by atoms with van der Waals surface area (Å²) in [4.78, 5) is 11.0. The third-order valence-electron chi connectivity index (χ3n) is 3.52. The van der Waals surface area contributed by atoms with Crippen LogP contribution < -0.4 is 5.73 Å². The normalized spacial score (nSPS) is 35.5. The second-order valence-electron chi connectivity index (χ2n) is 4.72. The van der Waals surface area contributed by atoms with E-state index in [9.17, 15) is 14.6 Å². The van der Waals surface area contributed by atoms with Crippen LogP contribution in [-0.4, -0.2) is 62.5 Å². The van der Waals surface area contributed by atoms with E-state index < -0.39 is 43.0 Å². The number of hydrogen-bond donors (Lipinski definition) is 4. The van der Waals surface area contributed by atoms with E-state index in [2.05, 4.69) is 15.0 Å². The van der Waals surface area contributed by atoms with Crippen molar-refractivity contribution >= 4 is 17.7 Å². The molecule has 8 nitrogen and oxygen atoms in total. The molecule has 20 heavy (non-hydrogen) atoms. The van der Waals surface area contributed by atoms with Crippen molar-refractivity contribution in [3.63, 3.8) is 0 Å². The Balaban J connectivity index is 1.94. The smallest absolute Gasteiger partial charge is 0.310 e. The maximum Gasteiger partial charge on any atom is 0.310 e. The number of nitrogens with two attached hydrogens (primary N) is 1. The van der Waals surface area contributed by atoms with Crippen LogP contribution >= 0.6 is 0 Å². The Hall–Kier alpha value is -1.68. The molecule has 0 saturated carbocycles. The van der Waals surface area contributed by atoms with Crippen LogP contribution in [-0.2, 0) is 4.74 Å². The Labute approximate surface area is 112 Å². The average Bonchev–Trinajstić information content (AvgIpc) is 2.93. The van der Waals surface area contributed by atoms with Crippen LogP contribution in [0.5, 0.6) is 0 Å². The first-order valence-corrected chi connectivity index (χ1v) is 6.02. The summed E-state index contributed by atoms with van der Waals surface area (Å²) in [6, 6.07) is 0. The van der Waals surface area contributed by atoms with Crippen molar-refractivity contribution in [3.05, 3.63) is 11.8 Å². The summed E-state index contributed by atoms with van der Waals surface area (Å²) in [6.07, 6.45) is -3.85. The molecule has 1 aromatic heterocycles. The van der Waals surface area contributed by atoms with Gasteiger partial charge in [-0.1, -0.05) is 0 Å². The number of hydrogen-bond acceptors (Lipinski definition) is 8. The quantitative estimate of drug-likeness (QED) is 0.484. The summed E-state index contributed by atoms with van der Waals surface area (Å²) in [7, 11) is 0. The van der Waals surface area contributed by atoms with E-state index in [1.54, 1.807) is 0 Å². The van der Waals surface area contributed by atoms with E-state index in [-0.39, 0.29) is 17.2 Å². The Morgan fingerprint density at radius 3 is 2.70 bits per heavy atom. The van der Waals surface area contributed by atoms with Gasteiger partial charge in [0.15, 0.2) is 5.82 Å². The lowest BCUT2D eigenvalue weighted by molar-refractivity contribution is -0.0238. The number of aromatic nitrogens is 2. The van der Waals surface area contributed by atoms with Crippen molar-refractivity contribution in [1.82, 2.24) is 9.97 Å². The molecule has 5 N–H and O–H groups in total. The molecule has 0 amide bonds. The number of aliphatic hydroxyl groups excluding tert-OH is 3. The highest BCUT2D eigenvalue weighted by atomic mass is 19.1. The molecule has 0 spiro atoms. The number of halogens is 1. The van der Waals surface area contributed by atoms with Gasteiger partial charge in [-0.05, 0) is 0 Å². The predicted octanol–water partition coefficient (Wildman–Crippen LogP) is -1.52. The molecule has 108 valence electrons. The zero-order valence-corrected chi connectivity index (χ0v) is 10.2. The standard InChI is InChI=1S/C11H13FN4O4/c12-11-15-5-3(1-14-6(5)10(13)16-11)9-8(19)7(18)4(2-17)20-9/h1,3-4,7-9,17-19H,2H2,(H2,13,15,16)/t3?,4-,7-,8+,9+/m1/s1. The van der Waals surface area contributed by atoms with Gasteiger partial charge in [0.2, 0.25) is 0 Å². The molecule has 5 atom stereocenters. The Bertz CT molecular complexity index is 570. The van der Waals surface area contributed by atoms with Gasteiger partial charge in [0.1, 0.15) is 30.1 Å². The minimum absolute atomic E-state index is 0.0991. The molecule has 0 aliphatic carbocycles. The van der Waals surface area contributed by atoms with Crippen LogP contribution in [0.25, 0.3) is 0 Å². The molecule has 2 aliphatic rings. The van der Waals surface area contributed by atoms with Gasteiger partial charge in [0.25, 0.3) is 0 Å². The molecule has 2 aliphatic heterocycles. The SMILES string of the molecule is Nc1nc(F)nc2c1N=CC2[C@@H]1O[C@H](CO)[C@@H](O)[C@@H]1O. The van der Waals surface area contributed by atoms with Crippen LogP contribution in [0.2, 0.25) is 0 Å². The number of aliphatic imine (C=N–C) groups is 1. The highest BCUT2D eigenvalue weighted by Gasteiger charge is 2.48. The summed E-state index contributed by atoms with van der Waals surface area (Å²) in [5.41, 5.74) is 5.98. The lowest BCUT2D eigenvalue weighted by Crippen LogP contribution is -2.36. The van der Waals surface area contributed by atoms with Gasteiger partial charge in [-0.25, -0.2) is 4.98 Å². The molecule has 0 bridgehead atoms. The third-order valence-corrected chi connectivity index (χ3v) is 3.52. The summed E-state index contributed by atoms with van der Waals surface area (Å²) in [5.74, 6) is -0.760. The Morgan fingerprint density at radius 1 is 1.30 bits per heavy atom. The number of anilines is 1. The van der Waals surface area contributed by atoms with Crippen LogP contribution in [0.3, 0.4) is 0 Å². The van der Waals surface area contributed by atoms with E-state index in [1.807, 2.05) is 0 Å². The topological polar surface area (TPSA) is 134 Å². The van der Waals surface area contributed by atoms with Gasteiger partial charge in [-0.3, -0.25) is 4.99 Å². The molecular formula is C11H13FN4O4. The number of nitrogen functional groups attached to an aromatic ring is 1. The lowest BCUT2D eigenvalue weighted by atomic mass is 9.94. The minimum Gasteiger partial charge on any atom is -0.394 e. The summed E-state index contributed by atoms with van der Waals surface area (Å²) < 4.78 is 18.6. The first kappa shape index (κ1) is 13.3. The molecule has 1 aromatic rings. The second-order valence-corrected chi connectivity index (χ2v) is 4.72. The van der Waals surface area contributed by atoms with E-state index >= 15 is 0 Å². The van der Waals surface area contributed by atoms with Crippen molar-refractivity contribution < 1.29 is 24.4 Å². The molecule has 9 heteroatoms. The predicted molar refractivity (Wildman–Crippen MR) is 65.1 cm³/mol. The van der Waals surface area contributed by atoms with Crippen molar-refractivity contribution in [2.24, 2.45) is 4.99 Å². The maximum atomic E-state index is 13.2. The molecule has 1 saturated heterocycles. The zero-order valence-electron chi connectivity index (χ0n) is 10.2. The Kier molecular flexibility index (Phi) is 3.13. The number of aliphatic hydroxyl groups is 3. The lowest BCUT2D eigenvalue weighted by Gasteiger charge is -2.19. The molecular weight excluding hydrogens is 271 g/mol. The molecule has 1 unspecified atom stereocenters. The Morgan fingerprint density at radius 2 is 2.05 bits per heavy atom. The fraction of sp³-hybridized carbons (Fsp3) is 0.545. The van der Waals surface area contributed by atoms with Crippen LogP contribution in [0, 0.1) is 6.08 Å². The van der Waals surface area contributed by atoms with Crippen molar-refractivity contribution in [2.45, 2.75) is 30.3 Å².